The molecule has 0 bridgehead atoms. The Morgan fingerprint density at radius 2 is 1.40 bits per heavy atom. The van der Waals surface area contributed by atoms with Crippen LogP contribution in [0.25, 0.3) is 0 Å². The van der Waals surface area contributed by atoms with Gasteiger partial charge in [0, 0.05) is 0 Å². The van der Waals surface area contributed by atoms with Crippen molar-refractivity contribution in [2.24, 2.45) is 0 Å². The van der Waals surface area contributed by atoms with Crippen LogP contribution in [0.1, 0.15) is 0 Å². The van der Waals surface area contributed by atoms with Crippen LogP contribution in [0.4, 0.5) is 13.6 Å². The van der Waals surface area contributed by atoms with Gasteiger partial charge < -0.3 is 10.2 Å². The van der Waals surface area contributed by atoms with Gasteiger partial charge >= 0.3 is 6.16 Å². The van der Waals surface area contributed by atoms with Crippen molar-refractivity contribution in [2.75, 3.05) is 13.3 Å². The Hall–Kier alpha value is -1.13. The second-order valence-corrected chi connectivity index (χ2v) is 1.06. The lowest BCUT2D eigenvalue weighted by atomic mass is 10.6. The van der Waals surface area contributed by atoms with Gasteiger partial charge in [-0.05, 0) is 0 Å². The average molecular weight is 154 g/mol. The van der Waals surface area contributed by atoms with Gasteiger partial charge in [-0.15, -0.1) is 0 Å². The van der Waals surface area contributed by atoms with E-state index >= 15 is 0 Å². The van der Waals surface area contributed by atoms with Crippen molar-refractivity contribution < 1.29 is 23.8 Å². The van der Waals surface area contributed by atoms with Crippen LogP contribution in [-0.2, 0) is 0 Å². The molecule has 2 N–H and O–H groups in total. The average Bonchev–Trinajstić information content (AvgIpc) is 1.82. The van der Waals surface area contributed by atoms with Gasteiger partial charge in [-0.2, -0.15) is 0 Å². The Balaban J connectivity index is 0. The maximum atomic E-state index is 10.9. The molecule has 0 saturated heterocycles. The Kier molecular flexibility index (Phi) is 12.5. The molecular formula is C5H8F2O3. The Morgan fingerprint density at radius 3 is 1.50 bits per heavy atom. The number of halogens is 2. The highest BCUT2D eigenvalue weighted by atomic mass is 19.1. The molecule has 60 valence electrons. The van der Waals surface area contributed by atoms with Crippen molar-refractivity contribution >= 4 is 6.16 Å². The topological polar surface area (TPSA) is 57.5 Å². The monoisotopic (exact) mass is 154 g/mol. The zero-order chi connectivity index (χ0) is 8.41. The van der Waals surface area contributed by atoms with E-state index in [1.807, 2.05) is 0 Å². The van der Waals surface area contributed by atoms with Crippen LogP contribution >= 0.6 is 0 Å². The van der Waals surface area contributed by atoms with E-state index in [1.165, 1.54) is 0 Å². The van der Waals surface area contributed by atoms with Gasteiger partial charge in [-0.1, -0.05) is 12.2 Å². The summed E-state index contributed by atoms with van der Waals surface area (Å²) in [5.74, 6) is 0. The van der Waals surface area contributed by atoms with E-state index in [9.17, 15) is 8.78 Å². The van der Waals surface area contributed by atoms with E-state index in [2.05, 4.69) is 0 Å². The van der Waals surface area contributed by atoms with Crippen LogP contribution in [-0.4, -0.2) is 29.7 Å². The van der Waals surface area contributed by atoms with Gasteiger partial charge in [0.15, 0.2) is 0 Å². The SMILES string of the molecule is FCC=CCF.O=C(O)O. The smallest absolute Gasteiger partial charge is 0.450 e. The maximum absolute atomic E-state index is 10.9. The number of carboxylic acid groups (broad SMARTS) is 2. The third-order valence-corrected chi connectivity index (χ3v) is 0.345. The van der Waals surface area contributed by atoms with E-state index in [4.69, 9.17) is 15.0 Å². The number of allylic oxidation sites excluding steroid dienone is 2. The Morgan fingerprint density at radius 1 is 1.20 bits per heavy atom. The van der Waals surface area contributed by atoms with Crippen molar-refractivity contribution in [3.8, 4) is 0 Å². The number of carbonyl (C=O) groups is 1. The first kappa shape index (κ1) is 11.6. The third-order valence-electron chi connectivity index (χ3n) is 0.345. The second-order valence-electron chi connectivity index (χ2n) is 1.06. The van der Waals surface area contributed by atoms with Crippen LogP contribution < -0.4 is 0 Å². The quantitative estimate of drug-likeness (QED) is 0.595. The summed E-state index contributed by atoms with van der Waals surface area (Å²) in [6.07, 6.45) is 0.444. The molecule has 0 aliphatic heterocycles. The van der Waals surface area contributed by atoms with Gasteiger partial charge in [0.2, 0.25) is 0 Å². The zero-order valence-corrected chi connectivity index (χ0v) is 5.13. The van der Waals surface area contributed by atoms with Crippen molar-refractivity contribution in [1.29, 1.82) is 0 Å². The highest BCUT2D eigenvalue weighted by molar-refractivity contribution is 5.53. The summed E-state index contributed by atoms with van der Waals surface area (Å²) in [6, 6.07) is 0. The summed E-state index contributed by atoms with van der Waals surface area (Å²) < 4.78 is 21.9. The minimum Gasteiger partial charge on any atom is -0.450 e. The van der Waals surface area contributed by atoms with Crippen LogP contribution in [0.15, 0.2) is 12.2 Å². The lowest BCUT2D eigenvalue weighted by molar-refractivity contribution is 0.137. The summed E-state index contributed by atoms with van der Waals surface area (Å²) in [6.45, 7) is -1.13. The lowest BCUT2D eigenvalue weighted by Crippen LogP contribution is -1.81. The van der Waals surface area contributed by atoms with Crippen LogP contribution in [0, 0.1) is 0 Å². The first-order chi connectivity index (χ1) is 4.65. The summed E-state index contributed by atoms with van der Waals surface area (Å²) in [4.78, 5) is 8.56. The van der Waals surface area contributed by atoms with E-state index in [0.29, 0.717) is 0 Å². The molecular weight excluding hydrogens is 146 g/mol. The van der Waals surface area contributed by atoms with Gasteiger partial charge in [0.05, 0.1) is 0 Å². The fourth-order valence-corrected chi connectivity index (χ4v) is 0.126. The normalized spacial score (nSPS) is 8.60. The predicted molar refractivity (Wildman–Crippen MR) is 31.7 cm³/mol. The molecule has 0 heterocycles. The Labute approximate surface area is 56.6 Å². The molecule has 0 aromatic carbocycles. The fourth-order valence-electron chi connectivity index (χ4n) is 0.126. The van der Waals surface area contributed by atoms with Crippen LogP contribution in [0.2, 0.25) is 0 Å². The second kappa shape index (κ2) is 10.8. The number of hydrogen-bond donors (Lipinski definition) is 2. The lowest BCUT2D eigenvalue weighted by Gasteiger charge is -1.68. The molecule has 0 rings (SSSR count). The molecule has 0 saturated carbocycles. The minimum atomic E-state index is -1.83. The maximum Gasteiger partial charge on any atom is 0.503 e. The van der Waals surface area contributed by atoms with E-state index in [1.54, 1.807) is 0 Å². The number of hydrogen-bond acceptors (Lipinski definition) is 1. The van der Waals surface area contributed by atoms with Crippen LogP contribution in [0.3, 0.4) is 0 Å². The van der Waals surface area contributed by atoms with Gasteiger partial charge in [0.25, 0.3) is 0 Å². The molecule has 0 radical (unpaired) electrons. The van der Waals surface area contributed by atoms with Crippen molar-refractivity contribution in [2.45, 2.75) is 0 Å². The third kappa shape index (κ3) is 67.7. The fraction of sp³-hybridized carbons (Fsp3) is 0.400. The molecule has 3 nitrogen and oxygen atoms in total. The van der Waals surface area contributed by atoms with Crippen molar-refractivity contribution in [3.63, 3.8) is 0 Å². The molecule has 0 aromatic rings. The molecule has 5 heteroatoms. The van der Waals surface area contributed by atoms with Gasteiger partial charge in [-0.3, -0.25) is 0 Å². The first-order valence-electron chi connectivity index (χ1n) is 2.34. The molecule has 0 aliphatic carbocycles. The first-order valence-corrected chi connectivity index (χ1v) is 2.34. The highest BCUT2D eigenvalue weighted by Gasteiger charge is 1.70. The summed E-state index contributed by atoms with van der Waals surface area (Å²) in [5.41, 5.74) is 0. The number of alkyl halides is 2. The van der Waals surface area contributed by atoms with E-state index < -0.39 is 19.5 Å². The molecule has 0 fully saturated rings. The molecule has 0 aromatic heterocycles. The zero-order valence-electron chi connectivity index (χ0n) is 5.13. The van der Waals surface area contributed by atoms with Crippen molar-refractivity contribution in [3.05, 3.63) is 12.2 Å². The highest BCUT2D eigenvalue weighted by Crippen LogP contribution is 1.73. The molecule has 0 aliphatic rings. The summed E-state index contributed by atoms with van der Waals surface area (Å²) >= 11 is 0. The van der Waals surface area contributed by atoms with E-state index in [0.717, 1.165) is 12.2 Å². The van der Waals surface area contributed by atoms with Crippen LogP contribution in [0.5, 0.6) is 0 Å². The molecule has 10 heavy (non-hydrogen) atoms. The summed E-state index contributed by atoms with van der Waals surface area (Å²) in [5, 5.41) is 13.9. The molecule has 0 spiro atoms. The van der Waals surface area contributed by atoms with Gasteiger partial charge in [-0.25, -0.2) is 13.6 Å². The van der Waals surface area contributed by atoms with E-state index in [-0.39, 0.29) is 0 Å². The largest absolute Gasteiger partial charge is 0.503 e. The number of rotatable bonds is 2. The van der Waals surface area contributed by atoms with Gasteiger partial charge in [0.1, 0.15) is 13.3 Å². The van der Waals surface area contributed by atoms with Crippen molar-refractivity contribution in [1.82, 2.24) is 0 Å². The predicted octanol–water partition coefficient (Wildman–Crippen LogP) is 1.70. The summed E-state index contributed by atoms with van der Waals surface area (Å²) in [7, 11) is 0. The minimum absolute atomic E-state index is 0.566. The molecule has 0 unspecified atom stereocenters. The Bertz CT molecular complexity index is 93.1. The standard InChI is InChI=1S/C4H6F2.CH2O3/c5-3-1-2-4-6;2-1(3)4/h1-2H,3-4H2;(H2,2,3,4). The molecule has 0 amide bonds. The molecule has 0 atom stereocenters.